The van der Waals surface area contributed by atoms with E-state index in [0.717, 1.165) is 12.1 Å². The van der Waals surface area contributed by atoms with E-state index in [1.165, 1.54) is 12.1 Å². The van der Waals surface area contributed by atoms with Crippen LogP contribution in [0, 0.1) is 7.11 Å². The zero-order valence-electron chi connectivity index (χ0n) is 6.06. The molecule has 0 unspecified atom stereocenters. The predicted molar refractivity (Wildman–Crippen MR) is 37.4 cm³/mol. The Balaban J connectivity index is 2.93. The van der Waals surface area contributed by atoms with Crippen LogP contribution in [0.1, 0.15) is 5.56 Å². The highest BCUT2D eigenvalue weighted by Crippen LogP contribution is 2.30. The van der Waals surface area contributed by atoms with Gasteiger partial charge in [-0.25, -0.2) is 0 Å². The number of rotatable bonds is 1. The fourth-order valence-electron chi connectivity index (χ4n) is 0.740. The molecule has 0 aliphatic carbocycles. The molecule has 0 saturated carbocycles. The van der Waals surface area contributed by atoms with Gasteiger partial charge in [-0.05, 0) is 24.3 Å². The SMILES string of the molecule is [CH2]Oc1ccc(C(F)(F)F)cc1. The highest BCUT2D eigenvalue weighted by Gasteiger charge is 2.29. The Bertz CT molecular complexity index is 250. The van der Waals surface area contributed by atoms with Crippen LogP contribution in [-0.4, -0.2) is 0 Å². The second-order valence-corrected chi connectivity index (χ2v) is 2.17. The summed E-state index contributed by atoms with van der Waals surface area (Å²) in [5, 5.41) is 0. The van der Waals surface area contributed by atoms with E-state index >= 15 is 0 Å². The largest absolute Gasteiger partial charge is 0.490 e. The van der Waals surface area contributed by atoms with Gasteiger partial charge in [-0.2, -0.15) is 13.2 Å². The molecule has 0 aliphatic rings. The lowest BCUT2D eigenvalue weighted by Gasteiger charge is -2.06. The quantitative estimate of drug-likeness (QED) is 0.637. The fourth-order valence-corrected chi connectivity index (χ4v) is 0.740. The van der Waals surface area contributed by atoms with Gasteiger partial charge in [0, 0.05) is 0 Å². The van der Waals surface area contributed by atoms with E-state index in [0.29, 0.717) is 5.75 Å². The third-order valence-corrected chi connectivity index (χ3v) is 1.35. The molecule has 12 heavy (non-hydrogen) atoms. The summed E-state index contributed by atoms with van der Waals surface area (Å²) in [6.07, 6.45) is -4.29. The minimum atomic E-state index is -4.29. The van der Waals surface area contributed by atoms with Gasteiger partial charge in [0.25, 0.3) is 0 Å². The topological polar surface area (TPSA) is 9.23 Å². The van der Waals surface area contributed by atoms with Crippen LogP contribution in [0.5, 0.6) is 5.75 Å². The molecule has 0 saturated heterocycles. The van der Waals surface area contributed by atoms with E-state index in [9.17, 15) is 13.2 Å². The second kappa shape index (κ2) is 3.05. The predicted octanol–water partition coefficient (Wildman–Crippen LogP) is 2.88. The first kappa shape index (κ1) is 8.90. The van der Waals surface area contributed by atoms with Crippen LogP contribution >= 0.6 is 0 Å². The molecule has 0 aliphatic heterocycles. The fraction of sp³-hybridized carbons (Fsp3) is 0.125. The van der Waals surface area contributed by atoms with E-state index < -0.39 is 11.7 Å². The number of halogens is 3. The smallest absolute Gasteiger partial charge is 0.416 e. The Morgan fingerprint density at radius 1 is 1.08 bits per heavy atom. The number of ether oxygens (including phenoxy) is 1. The van der Waals surface area contributed by atoms with Crippen LogP contribution in [0.3, 0.4) is 0 Å². The monoisotopic (exact) mass is 175 g/mol. The Labute approximate surface area is 67.8 Å². The summed E-state index contributed by atoms with van der Waals surface area (Å²) >= 11 is 0. The van der Waals surface area contributed by atoms with Gasteiger partial charge in [-0.1, -0.05) is 0 Å². The molecular weight excluding hydrogens is 169 g/mol. The lowest BCUT2D eigenvalue weighted by Crippen LogP contribution is -2.03. The van der Waals surface area contributed by atoms with Crippen LogP contribution in [-0.2, 0) is 6.18 Å². The van der Waals surface area contributed by atoms with Crippen molar-refractivity contribution in [3.63, 3.8) is 0 Å². The van der Waals surface area contributed by atoms with Crippen LogP contribution in [0.25, 0.3) is 0 Å². The van der Waals surface area contributed by atoms with Crippen molar-refractivity contribution < 1.29 is 17.9 Å². The Morgan fingerprint density at radius 3 is 1.92 bits per heavy atom. The molecule has 0 aromatic heterocycles. The standard InChI is InChI=1S/C8H6F3O/c1-12-7-4-2-6(3-5-7)8(9,10)11/h2-5H,1H2. The Hall–Kier alpha value is -1.19. The highest BCUT2D eigenvalue weighted by molar-refractivity contribution is 5.28. The maximum absolute atomic E-state index is 12.0. The Kier molecular flexibility index (Phi) is 2.26. The van der Waals surface area contributed by atoms with Gasteiger partial charge in [0.1, 0.15) is 12.9 Å². The molecule has 0 atom stereocenters. The van der Waals surface area contributed by atoms with Gasteiger partial charge >= 0.3 is 6.18 Å². The van der Waals surface area contributed by atoms with Crippen LogP contribution in [0.2, 0.25) is 0 Å². The summed E-state index contributed by atoms with van der Waals surface area (Å²) in [5.74, 6) is 0.308. The zero-order chi connectivity index (χ0) is 9.19. The average molecular weight is 175 g/mol. The summed E-state index contributed by atoms with van der Waals surface area (Å²) < 4.78 is 40.4. The van der Waals surface area contributed by atoms with Gasteiger partial charge in [0.2, 0.25) is 0 Å². The first-order valence-electron chi connectivity index (χ1n) is 3.13. The highest BCUT2D eigenvalue weighted by atomic mass is 19.4. The van der Waals surface area contributed by atoms with E-state index in [1.54, 1.807) is 0 Å². The molecule has 0 amide bonds. The van der Waals surface area contributed by atoms with Gasteiger partial charge < -0.3 is 4.74 Å². The molecule has 1 radical (unpaired) electrons. The molecule has 1 rings (SSSR count). The van der Waals surface area contributed by atoms with Crippen LogP contribution < -0.4 is 4.74 Å². The Morgan fingerprint density at radius 2 is 1.58 bits per heavy atom. The van der Waals surface area contributed by atoms with Crippen molar-refractivity contribution in [3.05, 3.63) is 36.9 Å². The first-order chi connectivity index (χ1) is 5.54. The van der Waals surface area contributed by atoms with E-state index in [1.807, 2.05) is 0 Å². The molecule has 0 spiro atoms. The second-order valence-electron chi connectivity index (χ2n) is 2.17. The van der Waals surface area contributed by atoms with Gasteiger partial charge in [-0.15, -0.1) is 0 Å². The minimum Gasteiger partial charge on any atom is -0.490 e. The molecule has 0 fully saturated rings. The number of benzene rings is 1. The molecule has 1 nitrogen and oxygen atoms in total. The van der Waals surface area contributed by atoms with Crippen LogP contribution in [0.4, 0.5) is 13.2 Å². The minimum absolute atomic E-state index is 0.308. The third kappa shape index (κ3) is 1.90. The molecule has 0 bridgehead atoms. The number of alkyl halides is 3. The molecule has 1 aromatic rings. The van der Waals surface area contributed by atoms with Gasteiger partial charge in [0.15, 0.2) is 0 Å². The molecule has 4 heteroatoms. The number of hydrogen-bond acceptors (Lipinski definition) is 1. The van der Waals surface area contributed by atoms with Crippen molar-refractivity contribution in [3.8, 4) is 5.75 Å². The maximum Gasteiger partial charge on any atom is 0.416 e. The molecular formula is C8H6F3O. The van der Waals surface area contributed by atoms with Crippen molar-refractivity contribution in [1.29, 1.82) is 0 Å². The summed E-state index contributed by atoms with van der Waals surface area (Å²) in [6.45, 7) is 0. The van der Waals surface area contributed by atoms with E-state index in [2.05, 4.69) is 11.8 Å². The van der Waals surface area contributed by atoms with E-state index in [-0.39, 0.29) is 0 Å². The lowest BCUT2D eigenvalue weighted by molar-refractivity contribution is -0.137. The summed E-state index contributed by atoms with van der Waals surface area (Å²) in [7, 11) is 3.07. The maximum atomic E-state index is 12.0. The lowest BCUT2D eigenvalue weighted by atomic mass is 10.2. The van der Waals surface area contributed by atoms with Gasteiger partial charge in [-0.3, -0.25) is 0 Å². The first-order valence-corrected chi connectivity index (χ1v) is 3.13. The number of hydrogen-bond donors (Lipinski definition) is 0. The van der Waals surface area contributed by atoms with Gasteiger partial charge in [0.05, 0.1) is 5.56 Å². The normalized spacial score (nSPS) is 11.3. The summed E-state index contributed by atoms with van der Waals surface area (Å²) in [6, 6.07) is 4.33. The average Bonchev–Trinajstić information content (AvgIpc) is 2.03. The zero-order valence-corrected chi connectivity index (χ0v) is 6.06. The van der Waals surface area contributed by atoms with Crippen molar-refractivity contribution in [2.24, 2.45) is 0 Å². The molecule has 65 valence electrons. The van der Waals surface area contributed by atoms with Crippen molar-refractivity contribution in [1.82, 2.24) is 0 Å². The van der Waals surface area contributed by atoms with Crippen molar-refractivity contribution >= 4 is 0 Å². The molecule has 1 aromatic carbocycles. The molecule has 0 N–H and O–H groups in total. The van der Waals surface area contributed by atoms with Crippen LogP contribution in [0.15, 0.2) is 24.3 Å². The van der Waals surface area contributed by atoms with Crippen molar-refractivity contribution in [2.45, 2.75) is 6.18 Å². The third-order valence-electron chi connectivity index (χ3n) is 1.35. The van der Waals surface area contributed by atoms with Crippen molar-refractivity contribution in [2.75, 3.05) is 0 Å². The summed E-state index contributed by atoms with van der Waals surface area (Å²) in [5.41, 5.74) is -0.691. The van der Waals surface area contributed by atoms with E-state index in [4.69, 9.17) is 0 Å². The summed E-state index contributed by atoms with van der Waals surface area (Å²) in [4.78, 5) is 0. The molecule has 0 heterocycles.